The zero-order chi connectivity index (χ0) is 28.2. The number of hydrogen-bond donors (Lipinski definition) is 1. The normalized spacial score (nSPS) is 16.4. The van der Waals surface area contributed by atoms with Gasteiger partial charge in [0.15, 0.2) is 0 Å². The van der Waals surface area contributed by atoms with Crippen LogP contribution in [0, 0.1) is 0 Å². The number of nitrogens with one attached hydrogen (secondary N) is 1. The highest BCUT2D eigenvalue weighted by atomic mass is 32.2. The summed E-state index contributed by atoms with van der Waals surface area (Å²) in [5, 5.41) is 3.28. The van der Waals surface area contributed by atoms with Crippen molar-refractivity contribution in [3.05, 3.63) is 45.8 Å². The zero-order valence-electron chi connectivity index (χ0n) is 22.4. The minimum Gasteiger partial charge on any atom is -0.465 e. The molecule has 0 unspecified atom stereocenters. The second-order valence-electron chi connectivity index (χ2n) is 9.29. The summed E-state index contributed by atoms with van der Waals surface area (Å²) in [6.45, 7) is 7.39. The molecule has 0 aliphatic carbocycles. The van der Waals surface area contributed by atoms with Crippen LogP contribution in [0.3, 0.4) is 0 Å². The van der Waals surface area contributed by atoms with E-state index < -0.39 is 28.0 Å². The average Bonchev–Trinajstić information content (AvgIpc) is 3.30. The maximum Gasteiger partial charge on any atom is 0.409 e. The molecule has 1 fully saturated rings. The van der Waals surface area contributed by atoms with Gasteiger partial charge >= 0.3 is 12.1 Å². The van der Waals surface area contributed by atoms with Crippen molar-refractivity contribution in [1.29, 1.82) is 0 Å². The quantitative estimate of drug-likeness (QED) is 0.474. The molecule has 212 valence electrons. The number of carbonyl (C=O) groups is 3. The van der Waals surface area contributed by atoms with Crippen LogP contribution in [0.5, 0.6) is 0 Å². The van der Waals surface area contributed by atoms with Crippen molar-refractivity contribution >= 4 is 44.3 Å². The number of hydrogen-bond acceptors (Lipinski definition) is 9. The second kappa shape index (κ2) is 12.5. The van der Waals surface area contributed by atoms with Gasteiger partial charge in [-0.2, -0.15) is 4.31 Å². The van der Waals surface area contributed by atoms with Crippen LogP contribution in [0.1, 0.15) is 51.4 Å². The standard InChI is InChI=1S/C26H34N4O7S2/c1-4-11-28-12-10-20-21(17-28)38-24(22(20)25(32)36-3)27-23(31)18-6-8-19(9-7-18)39(34,35)30-15-13-29(14-16-30)26(33)37-5-2/h6-9H,4-5,10-17H2,1-3H3,(H,27,31). The summed E-state index contributed by atoms with van der Waals surface area (Å²) in [4.78, 5) is 42.5. The van der Waals surface area contributed by atoms with Crippen LogP contribution in [0.4, 0.5) is 9.80 Å². The number of rotatable bonds is 8. The Balaban J connectivity index is 1.46. The van der Waals surface area contributed by atoms with Crippen molar-refractivity contribution in [2.75, 3.05) is 58.3 Å². The second-order valence-corrected chi connectivity index (χ2v) is 12.3. The predicted molar refractivity (Wildman–Crippen MR) is 147 cm³/mol. The number of benzene rings is 1. The summed E-state index contributed by atoms with van der Waals surface area (Å²) in [6, 6.07) is 5.69. The number of ether oxygens (including phenoxy) is 2. The third kappa shape index (κ3) is 6.26. The van der Waals surface area contributed by atoms with E-state index in [2.05, 4.69) is 17.1 Å². The molecule has 0 bridgehead atoms. The molecule has 2 aliphatic rings. The lowest BCUT2D eigenvalue weighted by Gasteiger charge is -2.33. The number of carbonyl (C=O) groups excluding carboxylic acids is 3. The lowest BCUT2D eigenvalue weighted by Crippen LogP contribution is -2.50. The predicted octanol–water partition coefficient (Wildman–Crippen LogP) is 3.02. The molecular formula is C26H34N4O7S2. The number of nitrogens with zero attached hydrogens (tertiary/aromatic N) is 3. The molecule has 1 aromatic carbocycles. The molecule has 2 amide bonds. The lowest BCUT2D eigenvalue weighted by atomic mass is 10.0. The molecule has 1 N–H and O–H groups in total. The summed E-state index contributed by atoms with van der Waals surface area (Å²) >= 11 is 1.38. The molecule has 1 aromatic heterocycles. The van der Waals surface area contributed by atoms with Crippen molar-refractivity contribution in [3.63, 3.8) is 0 Å². The first-order valence-corrected chi connectivity index (χ1v) is 15.2. The summed E-state index contributed by atoms with van der Waals surface area (Å²) in [7, 11) is -2.48. The van der Waals surface area contributed by atoms with E-state index in [4.69, 9.17) is 9.47 Å². The first-order valence-electron chi connectivity index (χ1n) is 13.0. The van der Waals surface area contributed by atoms with Gasteiger partial charge in [-0.25, -0.2) is 18.0 Å². The highest BCUT2D eigenvalue weighted by Gasteiger charge is 2.32. The van der Waals surface area contributed by atoms with E-state index in [1.54, 1.807) is 6.92 Å². The highest BCUT2D eigenvalue weighted by molar-refractivity contribution is 7.89. The number of piperazine rings is 1. The van der Waals surface area contributed by atoms with Gasteiger partial charge in [-0.15, -0.1) is 11.3 Å². The molecule has 0 spiro atoms. The van der Waals surface area contributed by atoms with Crippen LogP contribution in [0.25, 0.3) is 0 Å². The fourth-order valence-electron chi connectivity index (χ4n) is 4.80. The van der Waals surface area contributed by atoms with Crippen molar-refractivity contribution in [2.24, 2.45) is 0 Å². The highest BCUT2D eigenvalue weighted by Crippen LogP contribution is 2.38. The van der Waals surface area contributed by atoms with Crippen LogP contribution in [0.15, 0.2) is 29.2 Å². The zero-order valence-corrected chi connectivity index (χ0v) is 24.0. The number of amides is 2. The number of methoxy groups -OCH3 is 1. The van der Waals surface area contributed by atoms with Gasteiger partial charge in [0, 0.05) is 49.7 Å². The van der Waals surface area contributed by atoms with E-state index in [-0.39, 0.29) is 43.2 Å². The molecule has 11 nitrogen and oxygen atoms in total. The fraction of sp³-hybridized carbons (Fsp3) is 0.500. The maximum absolute atomic E-state index is 13.1. The van der Waals surface area contributed by atoms with Gasteiger partial charge < -0.3 is 19.7 Å². The van der Waals surface area contributed by atoms with Crippen LogP contribution in [-0.2, 0) is 32.5 Å². The largest absolute Gasteiger partial charge is 0.465 e. The number of anilines is 1. The first kappa shape index (κ1) is 29.0. The van der Waals surface area contributed by atoms with Crippen molar-refractivity contribution in [1.82, 2.24) is 14.1 Å². The Bertz CT molecular complexity index is 1320. The Morgan fingerprint density at radius 3 is 2.33 bits per heavy atom. The average molecular weight is 579 g/mol. The molecule has 0 radical (unpaired) electrons. The van der Waals surface area contributed by atoms with Crippen molar-refractivity contribution in [3.8, 4) is 0 Å². The molecule has 2 aliphatic heterocycles. The van der Waals surface area contributed by atoms with E-state index in [9.17, 15) is 22.8 Å². The van der Waals surface area contributed by atoms with Crippen molar-refractivity contribution in [2.45, 2.75) is 38.1 Å². The smallest absolute Gasteiger partial charge is 0.409 e. The monoisotopic (exact) mass is 578 g/mol. The Morgan fingerprint density at radius 1 is 1.03 bits per heavy atom. The van der Waals surface area contributed by atoms with E-state index in [0.717, 1.165) is 30.0 Å². The SMILES string of the molecule is CCCN1CCc2c(sc(NC(=O)c3ccc(S(=O)(=O)N4CCN(C(=O)OCC)CC4)cc3)c2C(=O)OC)C1. The third-order valence-electron chi connectivity index (χ3n) is 6.81. The Morgan fingerprint density at radius 2 is 1.72 bits per heavy atom. The molecule has 0 saturated carbocycles. The molecular weight excluding hydrogens is 544 g/mol. The van der Waals surface area contributed by atoms with Gasteiger partial charge in [0.2, 0.25) is 10.0 Å². The molecule has 39 heavy (non-hydrogen) atoms. The van der Waals surface area contributed by atoms with Crippen LogP contribution in [0.2, 0.25) is 0 Å². The van der Waals surface area contributed by atoms with E-state index >= 15 is 0 Å². The number of esters is 1. The molecule has 4 rings (SSSR count). The van der Waals surface area contributed by atoms with E-state index in [1.807, 2.05) is 0 Å². The maximum atomic E-state index is 13.1. The number of fused-ring (bicyclic) bond motifs is 1. The Labute approximate surface area is 232 Å². The fourth-order valence-corrected chi connectivity index (χ4v) is 7.49. The lowest BCUT2D eigenvalue weighted by molar-refractivity contribution is 0.0600. The van der Waals surface area contributed by atoms with Gasteiger partial charge in [0.25, 0.3) is 5.91 Å². The molecule has 1 saturated heterocycles. The molecule has 13 heteroatoms. The van der Waals surface area contributed by atoms with Gasteiger partial charge in [0.05, 0.1) is 24.2 Å². The third-order valence-corrected chi connectivity index (χ3v) is 9.86. The van der Waals surface area contributed by atoms with Gasteiger partial charge in [-0.1, -0.05) is 6.92 Å². The Kier molecular flexibility index (Phi) is 9.26. The summed E-state index contributed by atoms with van der Waals surface area (Å²) < 4.78 is 37.6. The number of sulfonamides is 1. The number of thiophene rings is 1. The minimum atomic E-state index is -3.80. The van der Waals surface area contributed by atoms with Crippen LogP contribution >= 0.6 is 11.3 Å². The first-order chi connectivity index (χ1) is 18.7. The summed E-state index contributed by atoms with van der Waals surface area (Å²) in [6.07, 6.45) is 1.28. The van der Waals surface area contributed by atoms with Gasteiger partial charge in [-0.05, 0) is 56.1 Å². The van der Waals surface area contributed by atoms with Crippen LogP contribution in [-0.4, -0.2) is 93.5 Å². The minimum absolute atomic E-state index is 0.0569. The summed E-state index contributed by atoms with van der Waals surface area (Å²) in [5.41, 5.74) is 1.57. The van der Waals surface area contributed by atoms with E-state index in [1.165, 1.54) is 51.9 Å². The topological polar surface area (TPSA) is 126 Å². The Hall–Kier alpha value is -3.00. The molecule has 3 heterocycles. The van der Waals surface area contributed by atoms with Crippen molar-refractivity contribution < 1.29 is 32.3 Å². The van der Waals surface area contributed by atoms with Gasteiger partial charge in [0.1, 0.15) is 5.00 Å². The molecule has 2 aromatic rings. The molecule has 0 atom stereocenters. The van der Waals surface area contributed by atoms with Crippen LogP contribution < -0.4 is 5.32 Å². The van der Waals surface area contributed by atoms with Gasteiger partial charge in [-0.3, -0.25) is 9.69 Å². The van der Waals surface area contributed by atoms with E-state index in [0.29, 0.717) is 23.5 Å². The summed E-state index contributed by atoms with van der Waals surface area (Å²) in [5.74, 6) is -0.938.